The maximum atomic E-state index is 5.25. The minimum atomic E-state index is -0.139. The minimum Gasteiger partial charge on any atom is -0.372 e. The zero-order chi connectivity index (χ0) is 41.0. The predicted molar refractivity (Wildman–Crippen MR) is 257 cm³/mol. The number of nitrogens with one attached hydrogen (secondary N) is 1. The van der Waals surface area contributed by atoms with Crippen molar-refractivity contribution < 1.29 is 0 Å². The Labute approximate surface area is 358 Å². The number of hydrogen-bond acceptors (Lipinski definition) is 5. The maximum absolute atomic E-state index is 5.25. The lowest BCUT2D eigenvalue weighted by atomic mass is 9.90. The SMILES string of the molecule is C1=CC(c2cc(-c3ccc4c5ccccc5c5ccccc5c4c3)cc(-c3nc(-c4ccccc4)nc(-c4ccc(-c5ccccc5)cc4)n3)c2)Nc2c1ccc1cccnc21. The van der Waals surface area contributed by atoms with E-state index in [1.807, 2.05) is 36.5 Å². The summed E-state index contributed by atoms with van der Waals surface area (Å²) in [7, 11) is 0. The lowest BCUT2D eigenvalue weighted by Gasteiger charge is -2.25. The van der Waals surface area contributed by atoms with Gasteiger partial charge >= 0.3 is 0 Å². The highest BCUT2D eigenvalue weighted by molar-refractivity contribution is 6.25. The van der Waals surface area contributed by atoms with Gasteiger partial charge in [0.2, 0.25) is 0 Å². The van der Waals surface area contributed by atoms with Gasteiger partial charge in [0.1, 0.15) is 0 Å². The largest absolute Gasteiger partial charge is 0.372 e. The van der Waals surface area contributed by atoms with Crippen molar-refractivity contribution in [1.29, 1.82) is 0 Å². The molecule has 290 valence electrons. The zero-order valence-electron chi connectivity index (χ0n) is 33.6. The summed E-state index contributed by atoms with van der Waals surface area (Å²) >= 11 is 0. The third kappa shape index (κ3) is 6.27. The first kappa shape index (κ1) is 35.6. The van der Waals surface area contributed by atoms with Gasteiger partial charge in [-0.05, 0) is 96.0 Å². The molecule has 2 aromatic heterocycles. The van der Waals surface area contributed by atoms with Crippen LogP contribution in [-0.4, -0.2) is 19.9 Å². The van der Waals surface area contributed by atoms with Crippen molar-refractivity contribution in [3.63, 3.8) is 0 Å². The number of hydrogen-bond donors (Lipinski definition) is 1. The molecule has 0 fully saturated rings. The molecule has 1 unspecified atom stereocenters. The van der Waals surface area contributed by atoms with Gasteiger partial charge in [-0.15, -0.1) is 0 Å². The van der Waals surface area contributed by atoms with Crippen molar-refractivity contribution in [3.8, 4) is 56.4 Å². The van der Waals surface area contributed by atoms with Crippen LogP contribution in [0.15, 0.2) is 206 Å². The Morgan fingerprint density at radius 3 is 1.60 bits per heavy atom. The van der Waals surface area contributed by atoms with Crippen LogP contribution in [0.4, 0.5) is 5.69 Å². The number of fused-ring (bicyclic) bond motifs is 9. The molecule has 0 saturated heterocycles. The Morgan fingerprint density at radius 1 is 0.371 bits per heavy atom. The maximum Gasteiger partial charge on any atom is 0.164 e. The van der Waals surface area contributed by atoms with Crippen LogP contribution in [0.1, 0.15) is 17.2 Å². The van der Waals surface area contributed by atoms with E-state index in [-0.39, 0.29) is 6.04 Å². The monoisotopic (exact) mass is 791 g/mol. The molecule has 1 atom stereocenters. The van der Waals surface area contributed by atoms with Crippen LogP contribution in [0.5, 0.6) is 0 Å². The van der Waals surface area contributed by atoms with Crippen LogP contribution in [0, 0.1) is 0 Å². The third-order valence-corrected chi connectivity index (χ3v) is 12.1. The first-order valence-corrected chi connectivity index (χ1v) is 21.0. The summed E-state index contributed by atoms with van der Waals surface area (Å²) in [5.41, 5.74) is 11.4. The van der Waals surface area contributed by atoms with Crippen molar-refractivity contribution in [3.05, 3.63) is 218 Å². The molecule has 0 bridgehead atoms. The van der Waals surface area contributed by atoms with Crippen molar-refractivity contribution in [1.82, 2.24) is 19.9 Å². The highest BCUT2D eigenvalue weighted by Gasteiger charge is 2.21. The summed E-state index contributed by atoms with van der Waals surface area (Å²) in [6.07, 6.45) is 6.31. The van der Waals surface area contributed by atoms with Crippen molar-refractivity contribution >= 4 is 55.0 Å². The summed E-state index contributed by atoms with van der Waals surface area (Å²) in [6.45, 7) is 0. The molecule has 0 radical (unpaired) electrons. The van der Waals surface area contributed by atoms with Gasteiger partial charge < -0.3 is 5.32 Å². The third-order valence-electron chi connectivity index (χ3n) is 12.1. The molecular formula is C57H37N5. The molecule has 62 heavy (non-hydrogen) atoms. The molecular weight excluding hydrogens is 755 g/mol. The van der Waals surface area contributed by atoms with Crippen LogP contribution in [-0.2, 0) is 0 Å². The van der Waals surface area contributed by atoms with E-state index in [0.717, 1.165) is 66.7 Å². The standard InChI is InChI=1S/C57H37N5/c1-3-12-36(13-4-1)37-21-25-41(26-22-37)56-60-55(40-14-5-2-6-15-40)61-57(62-56)45-33-43(32-44(34-45)52-30-28-39-24-23-38-16-11-31-58-53(38)54(39)59-52)42-27-29-50-48-19-8-7-17-46(48)47-18-9-10-20-49(47)51(50)35-42/h1-35,52,59H. The van der Waals surface area contributed by atoms with Crippen molar-refractivity contribution in [2.24, 2.45) is 0 Å². The quantitative estimate of drug-likeness (QED) is 0.170. The van der Waals surface area contributed by atoms with E-state index in [2.05, 4.69) is 181 Å². The fraction of sp³-hybridized carbons (Fsp3) is 0.0175. The molecule has 0 spiro atoms. The minimum absolute atomic E-state index is 0.139. The van der Waals surface area contributed by atoms with E-state index in [9.17, 15) is 0 Å². The smallest absolute Gasteiger partial charge is 0.164 e. The molecule has 3 heterocycles. The van der Waals surface area contributed by atoms with Gasteiger partial charge in [-0.2, -0.15) is 0 Å². The Kier molecular flexibility index (Phi) is 8.49. The molecule has 9 aromatic carbocycles. The molecule has 5 heteroatoms. The van der Waals surface area contributed by atoms with E-state index in [4.69, 9.17) is 19.9 Å². The van der Waals surface area contributed by atoms with Gasteiger partial charge in [-0.3, -0.25) is 4.98 Å². The number of anilines is 1. The van der Waals surface area contributed by atoms with E-state index in [1.165, 1.54) is 32.3 Å². The Bertz CT molecular complexity index is 3510. The molecule has 11 aromatic rings. The summed E-state index contributed by atoms with van der Waals surface area (Å²) in [4.78, 5) is 20.4. The van der Waals surface area contributed by atoms with E-state index >= 15 is 0 Å². The summed E-state index contributed by atoms with van der Waals surface area (Å²) in [5.74, 6) is 1.84. The molecule has 0 saturated carbocycles. The van der Waals surface area contributed by atoms with Crippen LogP contribution in [0.25, 0.3) is 106 Å². The normalized spacial score (nSPS) is 13.4. The first-order valence-electron chi connectivity index (χ1n) is 21.0. The van der Waals surface area contributed by atoms with E-state index < -0.39 is 0 Å². The van der Waals surface area contributed by atoms with Crippen molar-refractivity contribution in [2.75, 3.05) is 5.32 Å². The van der Waals surface area contributed by atoms with Gasteiger partial charge in [-0.25, -0.2) is 15.0 Å². The van der Waals surface area contributed by atoms with Crippen LogP contribution < -0.4 is 5.32 Å². The second kappa shape index (κ2) is 14.8. The van der Waals surface area contributed by atoms with Gasteiger partial charge in [0.25, 0.3) is 0 Å². The number of rotatable bonds is 6. The topological polar surface area (TPSA) is 63.6 Å². The Morgan fingerprint density at radius 2 is 0.903 bits per heavy atom. The highest BCUT2D eigenvalue weighted by Crippen LogP contribution is 2.41. The molecule has 1 aliphatic heterocycles. The molecule has 1 aliphatic rings. The molecule has 1 N–H and O–H groups in total. The first-order chi connectivity index (χ1) is 30.7. The number of pyridine rings is 1. The van der Waals surface area contributed by atoms with Crippen molar-refractivity contribution in [2.45, 2.75) is 6.04 Å². The summed E-state index contributed by atoms with van der Waals surface area (Å²) < 4.78 is 0. The average molecular weight is 792 g/mol. The second-order valence-corrected chi connectivity index (χ2v) is 15.9. The average Bonchev–Trinajstić information content (AvgIpc) is 3.36. The number of nitrogens with zero attached hydrogens (tertiary/aromatic N) is 4. The van der Waals surface area contributed by atoms with E-state index in [1.54, 1.807) is 0 Å². The Balaban J connectivity index is 1.06. The number of benzene rings is 9. The lowest BCUT2D eigenvalue weighted by Crippen LogP contribution is -2.13. The predicted octanol–water partition coefficient (Wildman–Crippen LogP) is 14.4. The van der Waals surface area contributed by atoms with Crippen LogP contribution in [0.3, 0.4) is 0 Å². The highest BCUT2D eigenvalue weighted by atomic mass is 15.0. The summed E-state index contributed by atoms with van der Waals surface area (Å²) in [6, 6.07) is 68.5. The Hall–Kier alpha value is -8.28. The fourth-order valence-electron chi connectivity index (χ4n) is 9.06. The summed E-state index contributed by atoms with van der Waals surface area (Å²) in [5, 5.41) is 12.4. The second-order valence-electron chi connectivity index (χ2n) is 15.9. The molecule has 12 rings (SSSR count). The van der Waals surface area contributed by atoms with Gasteiger partial charge in [-0.1, -0.05) is 176 Å². The molecule has 0 amide bonds. The van der Waals surface area contributed by atoms with Gasteiger partial charge in [0.05, 0.1) is 17.2 Å². The van der Waals surface area contributed by atoms with Crippen LogP contribution in [0.2, 0.25) is 0 Å². The lowest BCUT2D eigenvalue weighted by molar-refractivity contribution is 0.980. The fourth-order valence-corrected chi connectivity index (χ4v) is 9.06. The molecule has 0 aliphatic carbocycles. The number of aromatic nitrogens is 4. The van der Waals surface area contributed by atoms with E-state index in [0.29, 0.717) is 17.5 Å². The van der Waals surface area contributed by atoms with Gasteiger partial charge in [0.15, 0.2) is 17.5 Å². The van der Waals surface area contributed by atoms with Gasteiger partial charge in [0, 0.05) is 28.3 Å². The zero-order valence-corrected chi connectivity index (χ0v) is 33.6. The molecule has 5 nitrogen and oxygen atoms in total. The van der Waals surface area contributed by atoms with Crippen LogP contribution >= 0.6 is 0 Å².